The Balaban J connectivity index is 1.91. The molecule has 0 aliphatic rings. The minimum atomic E-state index is -0.621. The van der Waals surface area contributed by atoms with Crippen LogP contribution in [0.3, 0.4) is 0 Å². The number of benzene rings is 3. The zero-order chi connectivity index (χ0) is 25.4. The summed E-state index contributed by atoms with van der Waals surface area (Å²) < 4.78 is 11.6. The summed E-state index contributed by atoms with van der Waals surface area (Å²) in [5, 5.41) is 13.4. The smallest absolute Gasteiger partial charge is 0.266 e. The van der Waals surface area contributed by atoms with Gasteiger partial charge in [-0.1, -0.05) is 59.1 Å². The fourth-order valence-electron chi connectivity index (χ4n) is 3.23. The van der Waals surface area contributed by atoms with Gasteiger partial charge in [0.25, 0.3) is 5.91 Å². The molecule has 0 radical (unpaired) electrons. The van der Waals surface area contributed by atoms with E-state index in [9.17, 15) is 10.1 Å². The Labute approximate surface area is 219 Å². The average molecular weight is 528 g/mol. The Hall–Kier alpha value is -3.43. The number of hydrogen-bond acceptors (Lipinski definition) is 4. The van der Waals surface area contributed by atoms with Gasteiger partial charge in [0.2, 0.25) is 0 Å². The Morgan fingerprint density at radius 3 is 2.54 bits per heavy atom. The molecule has 0 fully saturated rings. The van der Waals surface area contributed by atoms with Crippen LogP contribution in [0, 0.1) is 11.3 Å². The van der Waals surface area contributed by atoms with Gasteiger partial charge in [0.15, 0.2) is 11.5 Å². The molecule has 1 amide bonds. The molecule has 5 nitrogen and oxygen atoms in total. The molecule has 3 rings (SSSR count). The Bertz CT molecular complexity index is 1310. The first kappa shape index (κ1) is 26.2. The van der Waals surface area contributed by atoms with E-state index in [2.05, 4.69) is 11.9 Å². The molecule has 0 saturated heterocycles. The Morgan fingerprint density at radius 1 is 1.14 bits per heavy atom. The molecule has 0 spiro atoms. The monoisotopic (exact) mass is 526 g/mol. The highest BCUT2D eigenvalue weighted by Crippen LogP contribution is 2.35. The summed E-state index contributed by atoms with van der Waals surface area (Å²) in [6.45, 7) is 4.12. The number of ether oxygens (including phenoxy) is 2. The van der Waals surface area contributed by atoms with Crippen LogP contribution in [-0.4, -0.2) is 13.0 Å². The van der Waals surface area contributed by atoms with E-state index in [1.807, 2.05) is 24.3 Å². The molecule has 178 valence electrons. The minimum Gasteiger partial charge on any atom is -0.493 e. The van der Waals surface area contributed by atoms with Crippen LogP contribution >= 0.6 is 34.8 Å². The Kier molecular flexibility index (Phi) is 9.22. The van der Waals surface area contributed by atoms with Crippen LogP contribution in [0.5, 0.6) is 11.5 Å². The second kappa shape index (κ2) is 12.3. The van der Waals surface area contributed by atoms with E-state index >= 15 is 0 Å². The van der Waals surface area contributed by atoms with E-state index in [-0.39, 0.29) is 10.6 Å². The molecule has 3 aromatic carbocycles. The van der Waals surface area contributed by atoms with Crippen molar-refractivity contribution >= 4 is 52.5 Å². The van der Waals surface area contributed by atoms with Crippen molar-refractivity contribution in [3.05, 3.63) is 105 Å². The number of hydrogen-bond donors (Lipinski definition) is 1. The number of amides is 1. The molecular weight excluding hydrogens is 507 g/mol. The van der Waals surface area contributed by atoms with Crippen molar-refractivity contribution in [3.8, 4) is 17.6 Å². The first-order chi connectivity index (χ1) is 16.9. The summed E-state index contributed by atoms with van der Waals surface area (Å²) in [6, 6.07) is 17.6. The molecule has 0 heterocycles. The van der Waals surface area contributed by atoms with Crippen LogP contribution in [0.15, 0.2) is 72.8 Å². The normalized spacial score (nSPS) is 10.9. The fraction of sp³-hybridized carbons (Fsp3) is 0.111. The molecule has 0 aliphatic carbocycles. The van der Waals surface area contributed by atoms with Crippen LogP contribution in [0.2, 0.25) is 15.1 Å². The van der Waals surface area contributed by atoms with Crippen LogP contribution in [-0.2, 0) is 17.8 Å². The first-order valence-electron chi connectivity index (χ1n) is 10.4. The lowest BCUT2D eigenvalue weighted by molar-refractivity contribution is -0.112. The van der Waals surface area contributed by atoms with Crippen molar-refractivity contribution < 1.29 is 14.3 Å². The molecule has 35 heavy (non-hydrogen) atoms. The standard InChI is InChI=1S/C27H21Cl3N2O3/c1-3-5-19-12-18(13-20(15-31)27(33)32-23-7-4-6-22(29)25(23)30)14-24(34-2)26(19)35-16-17-8-10-21(28)11-9-17/h3-4,6-14H,1,5,16H2,2H3,(H,32,33)/b20-13-. The van der Waals surface area contributed by atoms with Crippen molar-refractivity contribution in [2.24, 2.45) is 0 Å². The summed E-state index contributed by atoms with van der Waals surface area (Å²) in [4.78, 5) is 12.7. The van der Waals surface area contributed by atoms with Crippen LogP contribution in [0.1, 0.15) is 16.7 Å². The Morgan fingerprint density at radius 2 is 1.89 bits per heavy atom. The minimum absolute atomic E-state index is 0.123. The number of allylic oxidation sites excluding steroid dienone is 1. The highest BCUT2D eigenvalue weighted by atomic mass is 35.5. The van der Waals surface area contributed by atoms with Crippen molar-refractivity contribution in [1.29, 1.82) is 5.26 Å². The number of rotatable bonds is 9. The molecule has 0 bridgehead atoms. The topological polar surface area (TPSA) is 71.4 Å². The van der Waals surface area contributed by atoms with Crippen molar-refractivity contribution in [1.82, 2.24) is 0 Å². The average Bonchev–Trinajstić information content (AvgIpc) is 2.85. The lowest BCUT2D eigenvalue weighted by atomic mass is 10.0. The van der Waals surface area contributed by atoms with Crippen molar-refractivity contribution in [2.45, 2.75) is 13.0 Å². The van der Waals surface area contributed by atoms with E-state index in [0.29, 0.717) is 45.8 Å². The molecule has 1 N–H and O–H groups in total. The molecule has 8 heteroatoms. The third kappa shape index (κ3) is 6.80. The van der Waals surface area contributed by atoms with Crippen LogP contribution in [0.25, 0.3) is 6.08 Å². The fourth-order valence-corrected chi connectivity index (χ4v) is 3.70. The number of anilines is 1. The third-order valence-corrected chi connectivity index (χ3v) is 5.98. The first-order valence-corrected chi connectivity index (χ1v) is 11.6. The predicted octanol–water partition coefficient (Wildman–Crippen LogP) is 7.51. The van der Waals surface area contributed by atoms with E-state index < -0.39 is 5.91 Å². The highest BCUT2D eigenvalue weighted by molar-refractivity contribution is 6.44. The molecule has 0 unspecified atom stereocenters. The zero-order valence-electron chi connectivity index (χ0n) is 18.8. The number of nitriles is 1. The van der Waals surface area contributed by atoms with Gasteiger partial charge in [-0.2, -0.15) is 5.26 Å². The van der Waals surface area contributed by atoms with Gasteiger partial charge in [-0.15, -0.1) is 6.58 Å². The lowest BCUT2D eigenvalue weighted by Crippen LogP contribution is -2.13. The van der Waals surface area contributed by atoms with Gasteiger partial charge in [-0.05, 0) is 60.0 Å². The molecule has 0 atom stereocenters. The van der Waals surface area contributed by atoms with E-state index in [4.69, 9.17) is 44.3 Å². The van der Waals surface area contributed by atoms with Crippen molar-refractivity contribution in [2.75, 3.05) is 12.4 Å². The quantitative estimate of drug-likeness (QED) is 0.178. The molecular formula is C27H21Cl3N2O3. The largest absolute Gasteiger partial charge is 0.493 e. The number of methoxy groups -OCH3 is 1. The maximum absolute atomic E-state index is 12.7. The number of nitrogens with one attached hydrogen (secondary N) is 1. The van der Waals surface area contributed by atoms with Crippen LogP contribution < -0.4 is 14.8 Å². The van der Waals surface area contributed by atoms with Gasteiger partial charge in [-0.25, -0.2) is 0 Å². The zero-order valence-corrected chi connectivity index (χ0v) is 21.0. The summed E-state index contributed by atoms with van der Waals surface area (Å²) >= 11 is 18.1. The second-order valence-corrected chi connectivity index (χ2v) is 8.57. The number of carbonyl (C=O) groups excluding carboxylic acids is 1. The molecule has 3 aromatic rings. The lowest BCUT2D eigenvalue weighted by Gasteiger charge is -2.16. The maximum Gasteiger partial charge on any atom is 0.266 e. The van der Waals surface area contributed by atoms with Gasteiger partial charge in [-0.3, -0.25) is 4.79 Å². The van der Waals surface area contributed by atoms with E-state index in [0.717, 1.165) is 11.1 Å². The molecule has 0 saturated carbocycles. The van der Waals surface area contributed by atoms with Crippen LogP contribution in [0.4, 0.5) is 5.69 Å². The SMILES string of the molecule is C=CCc1cc(/C=C(/C#N)C(=O)Nc2cccc(Cl)c2Cl)cc(OC)c1OCc1ccc(Cl)cc1. The summed E-state index contributed by atoms with van der Waals surface area (Å²) in [7, 11) is 1.52. The maximum atomic E-state index is 12.7. The van der Waals surface area contributed by atoms with E-state index in [1.165, 1.54) is 13.2 Å². The molecule has 0 aromatic heterocycles. The number of nitrogens with zero attached hydrogens (tertiary/aromatic N) is 1. The third-order valence-electron chi connectivity index (χ3n) is 4.91. The summed E-state index contributed by atoms with van der Waals surface area (Å²) in [5.74, 6) is 0.386. The summed E-state index contributed by atoms with van der Waals surface area (Å²) in [5.41, 5.74) is 2.49. The van der Waals surface area contributed by atoms with E-state index in [1.54, 1.807) is 42.5 Å². The van der Waals surface area contributed by atoms with Gasteiger partial charge in [0, 0.05) is 10.6 Å². The number of carbonyl (C=O) groups is 1. The van der Waals surface area contributed by atoms with Crippen molar-refractivity contribution in [3.63, 3.8) is 0 Å². The molecule has 0 aliphatic heterocycles. The van der Waals surface area contributed by atoms with Gasteiger partial charge in [0.1, 0.15) is 18.2 Å². The predicted molar refractivity (Wildman–Crippen MR) is 141 cm³/mol. The van der Waals surface area contributed by atoms with Gasteiger partial charge >= 0.3 is 0 Å². The highest BCUT2D eigenvalue weighted by Gasteiger charge is 2.16. The van der Waals surface area contributed by atoms with Gasteiger partial charge < -0.3 is 14.8 Å². The van der Waals surface area contributed by atoms with Gasteiger partial charge in [0.05, 0.1) is 22.8 Å². The summed E-state index contributed by atoms with van der Waals surface area (Å²) in [6.07, 6.45) is 3.68. The second-order valence-electron chi connectivity index (χ2n) is 7.34. The number of halogens is 3.